The Bertz CT molecular complexity index is 492. The summed E-state index contributed by atoms with van der Waals surface area (Å²) in [5.74, 6) is 0.404. The summed E-state index contributed by atoms with van der Waals surface area (Å²) in [7, 11) is 0. The first kappa shape index (κ1) is 11.1. The first-order valence-electron chi connectivity index (χ1n) is 5.14. The molecule has 0 atom stereocenters. The van der Waals surface area contributed by atoms with Gasteiger partial charge in [-0.05, 0) is 12.1 Å². The van der Waals surface area contributed by atoms with E-state index in [0.29, 0.717) is 5.76 Å². The normalized spacial score (nSPS) is 10.6. The zero-order chi connectivity index (χ0) is 11.9. The van der Waals surface area contributed by atoms with Crippen LogP contribution in [0.15, 0.2) is 58.5 Å². The second kappa shape index (κ2) is 5.60. The molecule has 1 amide bonds. The topological polar surface area (TPSA) is 58.5 Å². The second-order valence-corrected chi connectivity index (χ2v) is 3.36. The minimum atomic E-state index is -0.191. The average molecular weight is 230 g/mol. The highest BCUT2D eigenvalue weighted by atomic mass is 16.3. The van der Waals surface area contributed by atoms with E-state index in [9.17, 15) is 4.79 Å². The molecule has 2 aromatic rings. The minimum Gasteiger partial charge on any atom is -0.463 e. The molecule has 1 N–H and O–H groups in total. The summed E-state index contributed by atoms with van der Waals surface area (Å²) in [6.45, 7) is 0.232. The van der Waals surface area contributed by atoms with E-state index in [2.05, 4.69) is 10.5 Å². The Labute approximate surface area is 98.4 Å². The summed E-state index contributed by atoms with van der Waals surface area (Å²) in [6, 6.07) is 9.12. The van der Waals surface area contributed by atoms with Gasteiger partial charge in [-0.3, -0.25) is 4.79 Å². The summed E-state index contributed by atoms with van der Waals surface area (Å²) in [4.78, 5) is 11.5. The Morgan fingerprint density at radius 3 is 2.88 bits per heavy atom. The van der Waals surface area contributed by atoms with E-state index in [4.69, 9.17) is 4.42 Å². The minimum absolute atomic E-state index is 0.191. The number of hydrazone groups is 1. The quantitative estimate of drug-likeness (QED) is 0.478. The smallest absolute Gasteiger partial charge is 0.305 e. The summed E-state index contributed by atoms with van der Waals surface area (Å²) >= 11 is 0. The van der Waals surface area contributed by atoms with Gasteiger partial charge in [0, 0.05) is 12.1 Å². The largest absolute Gasteiger partial charge is 0.463 e. The zero-order valence-corrected chi connectivity index (χ0v) is 9.11. The van der Waals surface area contributed by atoms with Crippen molar-refractivity contribution in [1.82, 2.24) is 5.43 Å². The number of hydrogen-bond acceptors (Lipinski definition) is 3. The van der Waals surface area contributed by atoms with Gasteiger partial charge in [-0.25, -0.2) is 5.43 Å². The molecule has 86 valence electrons. The molecule has 0 aliphatic heterocycles. The van der Waals surface area contributed by atoms with Crippen LogP contribution in [-0.4, -0.2) is 12.1 Å². The van der Waals surface area contributed by atoms with Gasteiger partial charge in [0.15, 0.2) is 12.4 Å². The predicted molar refractivity (Wildman–Crippen MR) is 61.1 cm³/mol. The lowest BCUT2D eigenvalue weighted by molar-refractivity contribution is -0.684. The Morgan fingerprint density at radius 2 is 2.18 bits per heavy atom. The molecule has 0 fully saturated rings. The lowest BCUT2D eigenvalue weighted by Crippen LogP contribution is -2.40. The number of nitrogens with one attached hydrogen (secondary N) is 1. The van der Waals surface area contributed by atoms with E-state index < -0.39 is 0 Å². The van der Waals surface area contributed by atoms with Gasteiger partial charge in [0.25, 0.3) is 0 Å². The number of furan rings is 1. The third-order valence-electron chi connectivity index (χ3n) is 2.03. The van der Waals surface area contributed by atoms with Gasteiger partial charge in [-0.15, -0.1) is 0 Å². The summed E-state index contributed by atoms with van der Waals surface area (Å²) in [5, 5.41) is 3.78. The van der Waals surface area contributed by atoms with Crippen molar-refractivity contribution < 1.29 is 13.8 Å². The molecule has 0 aliphatic carbocycles. The predicted octanol–water partition coefficient (Wildman–Crippen LogP) is 0.717. The van der Waals surface area contributed by atoms with Gasteiger partial charge in [-0.2, -0.15) is 9.67 Å². The SMILES string of the molecule is O=C(C[n+]1ccccc1)N/N=C/c1ccco1. The van der Waals surface area contributed by atoms with Gasteiger partial charge in [0.05, 0.1) is 12.5 Å². The number of carbonyl (C=O) groups excluding carboxylic acids is 1. The van der Waals surface area contributed by atoms with Gasteiger partial charge >= 0.3 is 5.91 Å². The highest BCUT2D eigenvalue weighted by Crippen LogP contribution is 1.94. The number of aromatic nitrogens is 1. The molecule has 2 aromatic heterocycles. The number of rotatable bonds is 4. The van der Waals surface area contributed by atoms with Gasteiger partial charge in [-0.1, -0.05) is 6.07 Å². The first-order valence-corrected chi connectivity index (χ1v) is 5.14. The second-order valence-electron chi connectivity index (χ2n) is 3.36. The number of hydrogen-bond donors (Lipinski definition) is 1. The van der Waals surface area contributed by atoms with E-state index in [1.165, 1.54) is 6.21 Å². The van der Waals surface area contributed by atoms with Crippen LogP contribution in [0.5, 0.6) is 0 Å². The van der Waals surface area contributed by atoms with Crippen LogP contribution in [-0.2, 0) is 11.3 Å². The lowest BCUT2D eigenvalue weighted by Gasteiger charge is -1.95. The van der Waals surface area contributed by atoms with Crippen LogP contribution in [0.25, 0.3) is 0 Å². The van der Waals surface area contributed by atoms with E-state index in [1.54, 1.807) is 23.0 Å². The van der Waals surface area contributed by atoms with Crippen molar-refractivity contribution in [2.75, 3.05) is 0 Å². The Balaban J connectivity index is 1.82. The maximum absolute atomic E-state index is 11.5. The van der Waals surface area contributed by atoms with Crippen LogP contribution in [0.2, 0.25) is 0 Å². The van der Waals surface area contributed by atoms with Crippen LogP contribution in [0.4, 0.5) is 0 Å². The zero-order valence-electron chi connectivity index (χ0n) is 9.11. The highest BCUT2D eigenvalue weighted by Gasteiger charge is 2.06. The van der Waals surface area contributed by atoms with Gasteiger partial charge in [0.1, 0.15) is 5.76 Å². The van der Waals surface area contributed by atoms with E-state index >= 15 is 0 Å². The molecule has 0 saturated carbocycles. The van der Waals surface area contributed by atoms with E-state index in [1.807, 2.05) is 30.6 Å². The number of carbonyl (C=O) groups is 1. The molecular formula is C12H12N3O2+. The van der Waals surface area contributed by atoms with Crippen LogP contribution < -0.4 is 9.99 Å². The molecule has 0 saturated heterocycles. The number of pyridine rings is 1. The lowest BCUT2D eigenvalue weighted by atomic mass is 10.4. The van der Waals surface area contributed by atoms with Crippen molar-refractivity contribution in [2.45, 2.75) is 6.54 Å². The van der Waals surface area contributed by atoms with Crippen molar-refractivity contribution in [3.8, 4) is 0 Å². The van der Waals surface area contributed by atoms with Crippen LogP contribution in [0.1, 0.15) is 5.76 Å². The molecule has 5 heteroatoms. The number of amides is 1. The van der Waals surface area contributed by atoms with E-state index in [0.717, 1.165) is 0 Å². The molecule has 2 rings (SSSR count). The third kappa shape index (κ3) is 3.57. The summed E-state index contributed by atoms with van der Waals surface area (Å²) in [6.07, 6.45) is 6.63. The summed E-state index contributed by atoms with van der Waals surface area (Å²) in [5.41, 5.74) is 2.42. The highest BCUT2D eigenvalue weighted by molar-refractivity contribution is 5.79. The first-order chi connectivity index (χ1) is 8.34. The van der Waals surface area contributed by atoms with Gasteiger partial charge < -0.3 is 4.42 Å². The third-order valence-corrected chi connectivity index (χ3v) is 2.03. The molecule has 5 nitrogen and oxygen atoms in total. The van der Waals surface area contributed by atoms with E-state index in [-0.39, 0.29) is 12.5 Å². The standard InChI is InChI=1S/C12H11N3O2/c16-12(10-15-6-2-1-3-7-15)14-13-9-11-5-4-8-17-11/h1-9H,10H2/p+1/b13-9+. The Kier molecular flexibility index (Phi) is 3.64. The van der Waals surface area contributed by atoms with Crippen LogP contribution in [0.3, 0.4) is 0 Å². The summed E-state index contributed by atoms with van der Waals surface area (Å²) < 4.78 is 6.79. The van der Waals surface area contributed by atoms with Crippen LogP contribution in [0, 0.1) is 0 Å². The van der Waals surface area contributed by atoms with Crippen molar-refractivity contribution in [1.29, 1.82) is 0 Å². The Hall–Kier alpha value is -2.43. The van der Waals surface area contributed by atoms with Crippen LogP contribution >= 0.6 is 0 Å². The van der Waals surface area contributed by atoms with Crippen molar-refractivity contribution in [3.63, 3.8) is 0 Å². The molecule has 0 radical (unpaired) electrons. The van der Waals surface area contributed by atoms with Crippen molar-refractivity contribution >= 4 is 12.1 Å². The fourth-order valence-corrected chi connectivity index (χ4v) is 1.27. The number of nitrogens with zero attached hydrogens (tertiary/aromatic N) is 2. The fourth-order valence-electron chi connectivity index (χ4n) is 1.27. The molecule has 0 unspecified atom stereocenters. The molecule has 17 heavy (non-hydrogen) atoms. The molecule has 0 aromatic carbocycles. The molecule has 0 spiro atoms. The van der Waals surface area contributed by atoms with Crippen molar-refractivity contribution in [2.24, 2.45) is 5.10 Å². The fraction of sp³-hybridized carbons (Fsp3) is 0.0833. The van der Waals surface area contributed by atoms with Gasteiger partial charge in [0.2, 0.25) is 6.54 Å². The average Bonchev–Trinajstić information content (AvgIpc) is 2.83. The Morgan fingerprint density at radius 1 is 1.35 bits per heavy atom. The molecule has 2 heterocycles. The van der Waals surface area contributed by atoms with Crippen molar-refractivity contribution in [3.05, 3.63) is 54.7 Å². The molecule has 0 bridgehead atoms. The maximum atomic E-state index is 11.5. The molecule has 0 aliphatic rings. The monoisotopic (exact) mass is 230 g/mol. The maximum Gasteiger partial charge on any atom is 0.305 e. The molecular weight excluding hydrogens is 218 g/mol.